The number of hydrogen-bond acceptors (Lipinski definition) is 5. The molecule has 1 amide bonds. The fourth-order valence-electron chi connectivity index (χ4n) is 3.19. The topological polar surface area (TPSA) is 110 Å². The zero-order valence-electron chi connectivity index (χ0n) is 14.7. The van der Waals surface area contributed by atoms with Gasteiger partial charge < -0.3 is 15.2 Å². The second kappa shape index (κ2) is 6.01. The Morgan fingerprint density at radius 1 is 1.24 bits per heavy atom. The predicted octanol–water partition coefficient (Wildman–Crippen LogP) is 1.72. The second-order valence-corrected chi connectivity index (χ2v) is 9.67. The van der Waals surface area contributed by atoms with Gasteiger partial charge in [0.05, 0.1) is 5.75 Å². The van der Waals surface area contributed by atoms with E-state index < -0.39 is 38.5 Å². The summed E-state index contributed by atoms with van der Waals surface area (Å²) in [6.45, 7) is 4.98. The smallest absolute Gasteiger partial charge is 0.408 e. The zero-order valence-corrected chi connectivity index (χ0v) is 15.5. The number of carboxylic acids is 1. The summed E-state index contributed by atoms with van der Waals surface area (Å²) in [7, 11) is -3.50. The van der Waals surface area contributed by atoms with Crippen LogP contribution >= 0.6 is 0 Å². The number of amides is 1. The van der Waals surface area contributed by atoms with Gasteiger partial charge in [-0.2, -0.15) is 0 Å². The number of carbonyl (C=O) groups is 2. The van der Waals surface area contributed by atoms with Crippen molar-refractivity contribution in [3.8, 4) is 0 Å². The molecular formula is C17H23NO6S. The average Bonchev–Trinajstić information content (AvgIpc) is 3.05. The van der Waals surface area contributed by atoms with E-state index in [0.29, 0.717) is 5.56 Å². The normalized spacial score (nSPS) is 25.9. The molecule has 138 valence electrons. The minimum Gasteiger partial charge on any atom is -0.479 e. The molecule has 0 aromatic heterocycles. The lowest BCUT2D eigenvalue weighted by Gasteiger charge is -2.26. The summed E-state index contributed by atoms with van der Waals surface area (Å²) in [5, 5.41) is 12.2. The Balaban J connectivity index is 2.44. The minimum atomic E-state index is -3.50. The van der Waals surface area contributed by atoms with E-state index in [1.54, 1.807) is 51.1 Å². The van der Waals surface area contributed by atoms with E-state index in [1.165, 1.54) is 0 Å². The Hall–Kier alpha value is -2.09. The van der Waals surface area contributed by atoms with E-state index in [4.69, 9.17) is 4.74 Å². The van der Waals surface area contributed by atoms with Gasteiger partial charge >= 0.3 is 12.1 Å². The molecule has 0 bridgehead atoms. The second-order valence-electron chi connectivity index (χ2n) is 7.53. The van der Waals surface area contributed by atoms with Crippen molar-refractivity contribution in [2.45, 2.75) is 43.7 Å². The van der Waals surface area contributed by atoms with Crippen LogP contribution < -0.4 is 5.32 Å². The molecule has 1 fully saturated rings. The molecule has 7 nitrogen and oxygen atoms in total. The number of ether oxygens (including phenoxy) is 1. The lowest BCUT2D eigenvalue weighted by Crippen LogP contribution is -2.51. The minimum absolute atomic E-state index is 0.0222. The molecule has 0 radical (unpaired) electrons. The molecule has 2 unspecified atom stereocenters. The SMILES string of the molecule is CC(C)(C)OC(=O)NC1(C(=O)O)CC1(CS(C)(=O)=O)c1ccccc1. The van der Waals surface area contributed by atoms with Crippen molar-refractivity contribution >= 4 is 21.9 Å². The number of nitrogens with one attached hydrogen (secondary N) is 1. The molecule has 1 aliphatic rings. The molecule has 0 saturated heterocycles. The highest BCUT2D eigenvalue weighted by atomic mass is 32.2. The lowest BCUT2D eigenvalue weighted by atomic mass is 9.92. The largest absolute Gasteiger partial charge is 0.479 e. The van der Waals surface area contributed by atoms with Crippen LogP contribution in [0, 0.1) is 0 Å². The van der Waals surface area contributed by atoms with Crippen LogP contribution in [0.5, 0.6) is 0 Å². The van der Waals surface area contributed by atoms with Gasteiger partial charge in [-0.25, -0.2) is 18.0 Å². The Bertz CT molecular complexity index is 783. The van der Waals surface area contributed by atoms with Crippen molar-refractivity contribution in [3.63, 3.8) is 0 Å². The van der Waals surface area contributed by atoms with Crippen molar-refractivity contribution < 1.29 is 27.9 Å². The summed E-state index contributed by atoms with van der Waals surface area (Å²) in [6, 6.07) is 8.51. The van der Waals surface area contributed by atoms with Crippen LogP contribution in [0.15, 0.2) is 30.3 Å². The van der Waals surface area contributed by atoms with E-state index in [1.807, 2.05) is 0 Å². The molecule has 0 heterocycles. The maximum atomic E-state index is 12.2. The third-order valence-electron chi connectivity index (χ3n) is 4.17. The first-order valence-corrected chi connectivity index (χ1v) is 9.85. The van der Waals surface area contributed by atoms with Crippen LogP contribution in [0.2, 0.25) is 0 Å². The molecule has 2 rings (SSSR count). The lowest BCUT2D eigenvalue weighted by molar-refractivity contribution is -0.141. The standard InChI is InChI=1S/C17H23NO6S/c1-15(2,3)24-14(21)18-17(13(19)20)10-16(17,11-25(4,22)23)12-8-6-5-7-9-12/h5-9H,10-11H2,1-4H3,(H,18,21)(H,19,20). The highest BCUT2D eigenvalue weighted by Gasteiger charge is 2.75. The van der Waals surface area contributed by atoms with Gasteiger partial charge in [0.15, 0.2) is 5.54 Å². The fourth-order valence-corrected chi connectivity index (χ4v) is 4.61. The quantitative estimate of drug-likeness (QED) is 0.818. The van der Waals surface area contributed by atoms with E-state index in [-0.39, 0.29) is 12.2 Å². The van der Waals surface area contributed by atoms with Crippen LogP contribution in [0.1, 0.15) is 32.8 Å². The molecule has 1 aliphatic carbocycles. The van der Waals surface area contributed by atoms with Crippen molar-refractivity contribution in [3.05, 3.63) is 35.9 Å². The first-order chi connectivity index (χ1) is 11.3. The molecule has 0 spiro atoms. The van der Waals surface area contributed by atoms with E-state index in [9.17, 15) is 23.1 Å². The Morgan fingerprint density at radius 3 is 2.24 bits per heavy atom. The number of carboxylic acid groups (broad SMARTS) is 1. The van der Waals surface area contributed by atoms with E-state index >= 15 is 0 Å². The van der Waals surface area contributed by atoms with E-state index in [2.05, 4.69) is 5.32 Å². The molecule has 1 aromatic rings. The number of carbonyl (C=O) groups excluding carboxylic acids is 1. The van der Waals surface area contributed by atoms with Gasteiger partial charge in [0, 0.05) is 11.7 Å². The van der Waals surface area contributed by atoms with Gasteiger partial charge in [0.1, 0.15) is 15.4 Å². The highest BCUT2D eigenvalue weighted by Crippen LogP contribution is 2.58. The van der Waals surface area contributed by atoms with Crippen molar-refractivity contribution in [1.82, 2.24) is 5.32 Å². The Kier molecular flexibility index (Phi) is 4.63. The van der Waals surface area contributed by atoms with E-state index in [0.717, 1.165) is 6.26 Å². The third-order valence-corrected chi connectivity index (χ3v) is 5.19. The van der Waals surface area contributed by atoms with Gasteiger partial charge in [0.25, 0.3) is 0 Å². The van der Waals surface area contributed by atoms with Crippen LogP contribution in [0.3, 0.4) is 0 Å². The number of rotatable bonds is 5. The maximum absolute atomic E-state index is 12.2. The average molecular weight is 369 g/mol. The molecule has 0 aliphatic heterocycles. The summed E-state index contributed by atoms with van der Waals surface area (Å²) in [5.41, 5.74) is -3.20. The number of benzene rings is 1. The summed E-state index contributed by atoms with van der Waals surface area (Å²) < 4.78 is 29.1. The van der Waals surface area contributed by atoms with Gasteiger partial charge in [0.2, 0.25) is 0 Å². The van der Waals surface area contributed by atoms with Crippen LogP contribution in [-0.4, -0.2) is 48.7 Å². The van der Waals surface area contributed by atoms with Crippen LogP contribution in [-0.2, 0) is 24.8 Å². The van der Waals surface area contributed by atoms with Crippen molar-refractivity contribution in [2.75, 3.05) is 12.0 Å². The zero-order chi connectivity index (χ0) is 19.1. The predicted molar refractivity (Wildman–Crippen MR) is 92.2 cm³/mol. The molecule has 2 atom stereocenters. The summed E-state index contributed by atoms with van der Waals surface area (Å²) in [4.78, 5) is 24.2. The molecule has 2 N–H and O–H groups in total. The van der Waals surface area contributed by atoms with Gasteiger partial charge in [-0.15, -0.1) is 0 Å². The first-order valence-electron chi connectivity index (χ1n) is 7.79. The van der Waals surface area contributed by atoms with Crippen molar-refractivity contribution in [2.24, 2.45) is 0 Å². The van der Waals surface area contributed by atoms with Gasteiger partial charge in [-0.1, -0.05) is 30.3 Å². The molecule has 1 aromatic carbocycles. The highest BCUT2D eigenvalue weighted by molar-refractivity contribution is 7.90. The number of alkyl carbamates (subject to hydrolysis) is 1. The Labute approximate surface area is 147 Å². The summed E-state index contributed by atoms with van der Waals surface area (Å²) in [6.07, 6.45) is 0.142. The number of hydrogen-bond donors (Lipinski definition) is 2. The Morgan fingerprint density at radius 2 is 1.80 bits per heavy atom. The monoisotopic (exact) mass is 369 g/mol. The molecular weight excluding hydrogens is 346 g/mol. The first kappa shape index (κ1) is 19.2. The third kappa shape index (κ3) is 3.95. The number of sulfone groups is 1. The van der Waals surface area contributed by atoms with Crippen LogP contribution in [0.25, 0.3) is 0 Å². The molecule has 8 heteroatoms. The van der Waals surface area contributed by atoms with Gasteiger partial charge in [-0.05, 0) is 32.8 Å². The summed E-state index contributed by atoms with van der Waals surface area (Å²) in [5.74, 6) is -1.67. The summed E-state index contributed by atoms with van der Waals surface area (Å²) >= 11 is 0. The maximum Gasteiger partial charge on any atom is 0.408 e. The fraction of sp³-hybridized carbons (Fsp3) is 0.529. The van der Waals surface area contributed by atoms with Crippen LogP contribution in [0.4, 0.5) is 4.79 Å². The molecule has 25 heavy (non-hydrogen) atoms. The molecule has 1 saturated carbocycles. The van der Waals surface area contributed by atoms with Crippen molar-refractivity contribution in [1.29, 1.82) is 0 Å². The number of aliphatic carboxylic acids is 1. The van der Waals surface area contributed by atoms with Gasteiger partial charge in [-0.3, -0.25) is 0 Å².